The number of carbonyl (C=O) groups excluding carboxylic acids is 1. The molecule has 0 amide bonds. The van der Waals surface area contributed by atoms with Crippen molar-refractivity contribution in [3.05, 3.63) is 0 Å². The van der Waals surface area contributed by atoms with Gasteiger partial charge in [0.15, 0.2) is 17.4 Å². The highest BCUT2D eigenvalue weighted by atomic mass is 79.9. The number of ketones is 1. The molecule has 6 fully saturated rings. The van der Waals surface area contributed by atoms with E-state index in [2.05, 4.69) is 36.7 Å². The first-order valence-corrected chi connectivity index (χ1v) is 13.2. The van der Waals surface area contributed by atoms with Crippen molar-refractivity contribution in [2.75, 3.05) is 26.4 Å². The fourth-order valence-corrected chi connectivity index (χ4v) is 10.5. The van der Waals surface area contributed by atoms with Crippen LogP contribution in [0.25, 0.3) is 0 Å². The van der Waals surface area contributed by atoms with Crippen molar-refractivity contribution in [3.63, 3.8) is 0 Å². The molecule has 4 saturated carbocycles. The van der Waals surface area contributed by atoms with Crippen molar-refractivity contribution in [3.8, 4) is 0 Å². The lowest BCUT2D eigenvalue weighted by Crippen LogP contribution is -2.68. The van der Waals surface area contributed by atoms with Crippen LogP contribution in [0.2, 0.25) is 0 Å². The Kier molecular flexibility index (Phi) is 4.70. The Morgan fingerprint density at radius 3 is 2.19 bits per heavy atom. The van der Waals surface area contributed by atoms with Gasteiger partial charge in [-0.25, -0.2) is 0 Å². The summed E-state index contributed by atoms with van der Waals surface area (Å²) in [5.74, 6) is 1.15. The lowest BCUT2D eigenvalue weighted by molar-refractivity contribution is -0.229. The van der Waals surface area contributed by atoms with Crippen LogP contribution in [0.3, 0.4) is 0 Å². The molecular weight excluding hydrogens is 460 g/mol. The predicted molar refractivity (Wildman–Crippen MR) is 119 cm³/mol. The minimum absolute atomic E-state index is 0.0444. The number of hydrogen-bond donors (Lipinski definition) is 0. The second kappa shape index (κ2) is 6.78. The molecule has 2 aliphatic heterocycles. The summed E-state index contributed by atoms with van der Waals surface area (Å²) in [6.07, 6.45) is 7.99. The van der Waals surface area contributed by atoms with Crippen molar-refractivity contribution in [2.24, 2.45) is 34.5 Å². The van der Waals surface area contributed by atoms with Gasteiger partial charge in [0.05, 0.1) is 30.8 Å². The zero-order valence-electron chi connectivity index (χ0n) is 19.2. The molecule has 0 aromatic carbocycles. The number of hydrogen-bond acceptors (Lipinski definition) is 5. The van der Waals surface area contributed by atoms with Gasteiger partial charge in [-0.2, -0.15) is 0 Å². The van der Waals surface area contributed by atoms with Crippen LogP contribution in [-0.4, -0.2) is 48.1 Å². The molecular formula is C25H37BrO5. The summed E-state index contributed by atoms with van der Waals surface area (Å²) in [5.41, 5.74) is -0.0912. The molecule has 2 heterocycles. The number of carbonyl (C=O) groups is 1. The van der Waals surface area contributed by atoms with E-state index in [0.717, 1.165) is 38.5 Å². The zero-order valence-corrected chi connectivity index (χ0v) is 20.8. The number of ether oxygens (including phenoxy) is 4. The largest absolute Gasteiger partial charge is 0.348 e. The zero-order chi connectivity index (χ0) is 21.7. The third-order valence-electron chi connectivity index (χ3n) is 10.8. The van der Waals surface area contributed by atoms with Crippen LogP contribution in [-0.2, 0) is 23.7 Å². The normalized spacial score (nSPS) is 52.7. The third-order valence-corrected chi connectivity index (χ3v) is 12.7. The van der Waals surface area contributed by atoms with Crippen molar-refractivity contribution in [1.29, 1.82) is 0 Å². The SMILES string of the molecule is CC1([C@@H]2CC[C@@H]3[C@@H]4CC[C@H]5CC6(CC[C@@]5(C)[C@@]4(Br)C(=O)C[C@]32C)OCCO6)OCCO1. The maximum absolute atomic E-state index is 14.1. The van der Waals surface area contributed by atoms with Gasteiger partial charge in [-0.3, -0.25) is 4.79 Å². The average Bonchev–Trinajstić information content (AvgIpc) is 3.44. The highest BCUT2D eigenvalue weighted by molar-refractivity contribution is 9.10. The summed E-state index contributed by atoms with van der Waals surface area (Å²) in [7, 11) is 0. The molecule has 0 bridgehead atoms. The van der Waals surface area contributed by atoms with Gasteiger partial charge in [0.25, 0.3) is 0 Å². The fourth-order valence-electron chi connectivity index (χ4n) is 9.27. The minimum atomic E-state index is -0.536. The summed E-state index contributed by atoms with van der Waals surface area (Å²) < 4.78 is 24.0. The summed E-state index contributed by atoms with van der Waals surface area (Å²) in [4.78, 5) is 14.1. The quantitative estimate of drug-likeness (QED) is 0.485. The molecule has 6 rings (SSSR count). The highest BCUT2D eigenvalue weighted by Crippen LogP contribution is 2.72. The van der Waals surface area contributed by atoms with Gasteiger partial charge in [0.2, 0.25) is 0 Å². The molecule has 174 valence electrons. The first-order chi connectivity index (χ1) is 14.7. The number of rotatable bonds is 1. The van der Waals surface area contributed by atoms with E-state index >= 15 is 0 Å². The Bertz CT molecular complexity index is 774. The number of alkyl halides is 1. The van der Waals surface area contributed by atoms with E-state index in [-0.39, 0.29) is 16.7 Å². The number of Topliss-reactive ketones (excluding diaryl/α,β-unsaturated/α-hetero) is 1. The maximum atomic E-state index is 14.1. The summed E-state index contributed by atoms with van der Waals surface area (Å²) in [6.45, 7) is 9.60. The topological polar surface area (TPSA) is 54.0 Å². The molecule has 31 heavy (non-hydrogen) atoms. The van der Waals surface area contributed by atoms with Gasteiger partial charge in [0.1, 0.15) is 0 Å². The Labute approximate surface area is 194 Å². The lowest BCUT2D eigenvalue weighted by Gasteiger charge is -2.65. The van der Waals surface area contributed by atoms with E-state index in [9.17, 15) is 4.79 Å². The summed E-state index contributed by atoms with van der Waals surface area (Å²) in [6, 6.07) is 0. The molecule has 0 unspecified atom stereocenters. The van der Waals surface area contributed by atoms with E-state index in [1.54, 1.807) is 0 Å². The maximum Gasteiger partial charge on any atom is 0.169 e. The van der Waals surface area contributed by atoms with Crippen LogP contribution in [0, 0.1) is 34.5 Å². The van der Waals surface area contributed by atoms with Crippen molar-refractivity contribution in [2.45, 2.75) is 88.0 Å². The van der Waals surface area contributed by atoms with Crippen LogP contribution in [0.5, 0.6) is 0 Å². The van der Waals surface area contributed by atoms with Crippen LogP contribution in [0.15, 0.2) is 0 Å². The average molecular weight is 497 g/mol. The molecule has 6 aliphatic rings. The number of halogens is 1. The molecule has 4 aliphatic carbocycles. The Morgan fingerprint density at radius 2 is 1.48 bits per heavy atom. The third kappa shape index (κ3) is 2.66. The van der Waals surface area contributed by atoms with Crippen LogP contribution < -0.4 is 0 Å². The molecule has 1 spiro atoms. The minimum Gasteiger partial charge on any atom is -0.348 e. The Hall–Kier alpha value is -0.0100. The smallest absolute Gasteiger partial charge is 0.169 e. The molecule has 2 saturated heterocycles. The monoisotopic (exact) mass is 496 g/mol. The molecule has 0 aromatic heterocycles. The van der Waals surface area contributed by atoms with Gasteiger partial charge >= 0.3 is 0 Å². The highest BCUT2D eigenvalue weighted by Gasteiger charge is 2.72. The van der Waals surface area contributed by atoms with Crippen LogP contribution in [0.1, 0.15) is 72.1 Å². The standard InChI is InChI=1S/C25H37BrO5/c1-21-15-20(27)25(26)18(17(21)6-7-19(21)23(3)28-10-11-29-23)5-4-16-14-24(30-12-13-31-24)9-8-22(16,25)2/h16-19H,4-15H2,1-3H3/t16-,17+,18-,19+,21+,22+,25-/m0/s1. The molecule has 0 aromatic rings. The van der Waals surface area contributed by atoms with Gasteiger partial charge in [0, 0.05) is 25.2 Å². The second-order valence-electron chi connectivity index (χ2n) is 11.9. The van der Waals surface area contributed by atoms with E-state index in [0.29, 0.717) is 56.4 Å². The Morgan fingerprint density at radius 1 is 0.839 bits per heavy atom. The Balaban J connectivity index is 1.33. The second-order valence-corrected chi connectivity index (χ2v) is 13.1. The van der Waals surface area contributed by atoms with Gasteiger partial charge in [-0.05, 0) is 67.6 Å². The van der Waals surface area contributed by atoms with Crippen LogP contribution >= 0.6 is 15.9 Å². The van der Waals surface area contributed by atoms with Crippen molar-refractivity contribution >= 4 is 21.7 Å². The summed E-state index contributed by atoms with van der Waals surface area (Å²) >= 11 is 4.22. The molecule has 0 radical (unpaired) electrons. The van der Waals surface area contributed by atoms with E-state index in [4.69, 9.17) is 18.9 Å². The van der Waals surface area contributed by atoms with Gasteiger partial charge in [-0.15, -0.1) is 0 Å². The van der Waals surface area contributed by atoms with Crippen molar-refractivity contribution < 1.29 is 23.7 Å². The molecule has 6 heteroatoms. The summed E-state index contributed by atoms with van der Waals surface area (Å²) in [5, 5.41) is 0. The first-order valence-electron chi connectivity index (χ1n) is 12.5. The molecule has 5 nitrogen and oxygen atoms in total. The molecule has 0 N–H and O–H groups in total. The predicted octanol–water partition coefficient (Wildman–Crippen LogP) is 4.85. The number of fused-ring (bicyclic) bond motifs is 5. The van der Waals surface area contributed by atoms with Gasteiger partial charge < -0.3 is 18.9 Å². The fraction of sp³-hybridized carbons (Fsp3) is 0.960. The van der Waals surface area contributed by atoms with Gasteiger partial charge in [-0.1, -0.05) is 29.8 Å². The van der Waals surface area contributed by atoms with Crippen molar-refractivity contribution in [1.82, 2.24) is 0 Å². The van der Waals surface area contributed by atoms with E-state index in [1.807, 2.05) is 0 Å². The lowest BCUT2D eigenvalue weighted by atomic mass is 9.43. The van der Waals surface area contributed by atoms with E-state index in [1.165, 1.54) is 6.42 Å². The molecule has 7 atom stereocenters. The first kappa shape index (κ1) is 21.5. The van der Waals surface area contributed by atoms with E-state index < -0.39 is 15.9 Å². The van der Waals surface area contributed by atoms with Crippen LogP contribution in [0.4, 0.5) is 0 Å².